The fourth-order valence-corrected chi connectivity index (χ4v) is 4.75. The molecule has 3 aromatic carbocycles. The van der Waals surface area contributed by atoms with Crippen LogP contribution >= 0.6 is 0 Å². The molecule has 178 valence electrons. The van der Waals surface area contributed by atoms with E-state index in [1.54, 1.807) is 31.4 Å². The quantitative estimate of drug-likeness (QED) is 0.389. The zero-order valence-corrected chi connectivity index (χ0v) is 19.9. The van der Waals surface area contributed by atoms with E-state index in [4.69, 9.17) is 9.47 Å². The number of urea groups is 1. The monoisotopic (exact) mass is 469 g/mol. The van der Waals surface area contributed by atoms with Crippen molar-refractivity contribution in [3.8, 4) is 5.75 Å². The predicted molar refractivity (Wildman–Crippen MR) is 135 cm³/mol. The summed E-state index contributed by atoms with van der Waals surface area (Å²) in [5.74, 6) is 0.353. The van der Waals surface area contributed by atoms with Gasteiger partial charge in [-0.25, -0.2) is 9.59 Å². The van der Waals surface area contributed by atoms with Crippen LogP contribution in [-0.4, -0.2) is 42.6 Å². The Morgan fingerprint density at radius 1 is 1.03 bits per heavy atom. The number of rotatable bonds is 4. The lowest BCUT2D eigenvalue weighted by molar-refractivity contribution is 0.0600. The van der Waals surface area contributed by atoms with Gasteiger partial charge in [-0.3, -0.25) is 0 Å². The molecule has 4 aromatic rings. The van der Waals surface area contributed by atoms with Crippen LogP contribution in [0.15, 0.2) is 66.7 Å². The highest BCUT2D eigenvalue weighted by molar-refractivity contribution is 5.95. The van der Waals surface area contributed by atoms with E-state index in [1.807, 2.05) is 30.0 Å². The molecule has 0 spiro atoms. The van der Waals surface area contributed by atoms with Crippen LogP contribution in [0.2, 0.25) is 0 Å². The standard InChI is InChI=1S/C28H27N3O4/c1-17-7-9-18(10-8-17)26-25-22(23-16-21(34-2)11-12-24(23)30-25)13-14-31(26)28(33)29-20-6-4-5-19(15-20)27(32)35-3/h4-12,15-16,26,30H,13-14H2,1-3H3,(H,29,33)/t26-/m1/s1. The molecule has 1 atom stereocenters. The number of benzene rings is 3. The Bertz CT molecular complexity index is 1410. The van der Waals surface area contributed by atoms with Crippen molar-refractivity contribution in [2.75, 3.05) is 26.1 Å². The molecule has 0 saturated heterocycles. The van der Waals surface area contributed by atoms with E-state index in [0.717, 1.165) is 33.5 Å². The molecule has 1 aromatic heterocycles. The summed E-state index contributed by atoms with van der Waals surface area (Å²) in [6.07, 6.45) is 0.709. The Hall–Kier alpha value is -4.26. The molecule has 0 radical (unpaired) electrons. The van der Waals surface area contributed by atoms with Crippen molar-refractivity contribution >= 4 is 28.6 Å². The smallest absolute Gasteiger partial charge is 0.337 e. The average Bonchev–Trinajstić information content (AvgIpc) is 3.26. The second-order valence-electron chi connectivity index (χ2n) is 8.69. The summed E-state index contributed by atoms with van der Waals surface area (Å²) in [6.45, 7) is 2.59. The molecule has 1 aliphatic rings. The number of fused-ring (bicyclic) bond motifs is 3. The molecule has 0 bridgehead atoms. The van der Waals surface area contributed by atoms with Gasteiger partial charge in [-0.1, -0.05) is 35.9 Å². The highest BCUT2D eigenvalue weighted by Gasteiger charge is 2.34. The number of hydrogen-bond donors (Lipinski definition) is 2. The molecule has 0 unspecified atom stereocenters. The Kier molecular flexibility index (Phi) is 5.91. The third-order valence-corrected chi connectivity index (χ3v) is 6.52. The molecule has 1 aliphatic heterocycles. The van der Waals surface area contributed by atoms with Gasteiger partial charge >= 0.3 is 12.0 Å². The average molecular weight is 470 g/mol. The van der Waals surface area contributed by atoms with Gasteiger partial charge in [0.2, 0.25) is 0 Å². The lowest BCUT2D eigenvalue weighted by Gasteiger charge is -2.36. The minimum atomic E-state index is -0.449. The molecule has 35 heavy (non-hydrogen) atoms. The molecular formula is C28H27N3O4. The van der Waals surface area contributed by atoms with Gasteiger partial charge in [-0.15, -0.1) is 0 Å². The SMILES string of the molecule is COC(=O)c1cccc(NC(=O)N2CCc3c([nH]c4ccc(OC)cc34)[C@H]2c2ccc(C)cc2)c1. The molecule has 2 heterocycles. The number of methoxy groups -OCH3 is 2. The number of H-pyrrole nitrogens is 1. The first kappa shape index (κ1) is 22.5. The first-order valence-electron chi connectivity index (χ1n) is 11.5. The number of aromatic nitrogens is 1. The Morgan fingerprint density at radius 3 is 2.57 bits per heavy atom. The van der Waals surface area contributed by atoms with Crippen molar-refractivity contribution in [1.82, 2.24) is 9.88 Å². The number of carbonyl (C=O) groups excluding carboxylic acids is 2. The molecule has 7 heteroatoms. The Balaban J connectivity index is 1.54. The zero-order chi connectivity index (χ0) is 24.5. The number of ether oxygens (including phenoxy) is 2. The molecule has 5 rings (SSSR count). The minimum Gasteiger partial charge on any atom is -0.497 e. The first-order valence-corrected chi connectivity index (χ1v) is 11.5. The number of nitrogens with zero attached hydrogens (tertiary/aromatic N) is 1. The largest absolute Gasteiger partial charge is 0.497 e. The number of esters is 1. The van der Waals surface area contributed by atoms with Crippen LogP contribution in [-0.2, 0) is 11.2 Å². The maximum absolute atomic E-state index is 13.6. The lowest BCUT2D eigenvalue weighted by atomic mass is 9.92. The number of aryl methyl sites for hydroxylation is 1. The van der Waals surface area contributed by atoms with Gasteiger partial charge in [0.05, 0.1) is 25.8 Å². The predicted octanol–water partition coefficient (Wildman–Crippen LogP) is 5.45. The van der Waals surface area contributed by atoms with Crippen molar-refractivity contribution < 1.29 is 19.1 Å². The van der Waals surface area contributed by atoms with E-state index in [2.05, 4.69) is 34.6 Å². The lowest BCUT2D eigenvalue weighted by Crippen LogP contribution is -2.43. The first-order chi connectivity index (χ1) is 17.0. The van der Waals surface area contributed by atoms with Crippen molar-refractivity contribution in [3.05, 3.63) is 94.7 Å². The normalized spacial score (nSPS) is 14.9. The van der Waals surface area contributed by atoms with Gasteiger partial charge in [0.25, 0.3) is 0 Å². The molecule has 0 fully saturated rings. The highest BCUT2D eigenvalue weighted by Crippen LogP contribution is 2.39. The van der Waals surface area contributed by atoms with Crippen LogP contribution < -0.4 is 10.1 Å². The molecule has 0 saturated carbocycles. The van der Waals surface area contributed by atoms with Crippen LogP contribution in [0.25, 0.3) is 10.9 Å². The maximum atomic E-state index is 13.6. The second kappa shape index (κ2) is 9.18. The van der Waals surface area contributed by atoms with E-state index in [1.165, 1.54) is 12.7 Å². The van der Waals surface area contributed by atoms with E-state index in [0.29, 0.717) is 24.2 Å². The summed E-state index contributed by atoms with van der Waals surface area (Å²) in [6, 6.07) is 20.5. The summed E-state index contributed by atoms with van der Waals surface area (Å²) < 4.78 is 10.3. The van der Waals surface area contributed by atoms with E-state index in [9.17, 15) is 9.59 Å². The number of hydrogen-bond acceptors (Lipinski definition) is 4. The topological polar surface area (TPSA) is 83.7 Å². The fourth-order valence-electron chi connectivity index (χ4n) is 4.75. The van der Waals surface area contributed by atoms with E-state index in [-0.39, 0.29) is 12.1 Å². The molecular weight excluding hydrogens is 442 g/mol. The van der Waals surface area contributed by atoms with Gasteiger partial charge < -0.3 is 24.7 Å². The van der Waals surface area contributed by atoms with Crippen molar-refractivity contribution in [1.29, 1.82) is 0 Å². The number of anilines is 1. The fraction of sp³-hybridized carbons (Fsp3) is 0.214. The summed E-state index contributed by atoms with van der Waals surface area (Å²) in [4.78, 5) is 30.9. The highest BCUT2D eigenvalue weighted by atomic mass is 16.5. The second-order valence-corrected chi connectivity index (χ2v) is 8.69. The van der Waals surface area contributed by atoms with Crippen molar-refractivity contribution in [2.45, 2.75) is 19.4 Å². The number of aromatic amines is 1. The summed E-state index contributed by atoms with van der Waals surface area (Å²) in [5, 5.41) is 4.08. The summed E-state index contributed by atoms with van der Waals surface area (Å²) in [7, 11) is 3.00. The van der Waals surface area contributed by atoms with Crippen LogP contribution in [0.3, 0.4) is 0 Å². The van der Waals surface area contributed by atoms with Crippen LogP contribution in [0, 0.1) is 6.92 Å². The Morgan fingerprint density at radius 2 is 1.83 bits per heavy atom. The minimum absolute atomic E-state index is 0.237. The van der Waals surface area contributed by atoms with Gasteiger partial charge in [0.15, 0.2) is 0 Å². The van der Waals surface area contributed by atoms with Gasteiger partial charge in [0.1, 0.15) is 5.75 Å². The van der Waals surface area contributed by atoms with Crippen LogP contribution in [0.1, 0.15) is 38.8 Å². The third-order valence-electron chi connectivity index (χ3n) is 6.52. The Labute approximate surface area is 203 Å². The number of nitrogens with one attached hydrogen (secondary N) is 2. The summed E-state index contributed by atoms with van der Waals surface area (Å²) >= 11 is 0. The summed E-state index contributed by atoms with van der Waals surface area (Å²) in [5.41, 5.74) is 6.30. The van der Waals surface area contributed by atoms with Gasteiger partial charge in [-0.05, 0) is 60.9 Å². The molecule has 0 aliphatic carbocycles. The van der Waals surface area contributed by atoms with Crippen molar-refractivity contribution in [3.63, 3.8) is 0 Å². The maximum Gasteiger partial charge on any atom is 0.337 e. The zero-order valence-electron chi connectivity index (χ0n) is 19.9. The number of amides is 2. The van der Waals surface area contributed by atoms with Crippen LogP contribution in [0.4, 0.5) is 10.5 Å². The number of carbonyl (C=O) groups is 2. The van der Waals surface area contributed by atoms with Gasteiger partial charge in [0, 0.05) is 28.8 Å². The van der Waals surface area contributed by atoms with Crippen LogP contribution in [0.5, 0.6) is 5.75 Å². The molecule has 2 N–H and O–H groups in total. The van der Waals surface area contributed by atoms with E-state index >= 15 is 0 Å². The third kappa shape index (κ3) is 4.21. The van der Waals surface area contributed by atoms with E-state index < -0.39 is 5.97 Å². The molecule has 2 amide bonds. The molecule has 7 nitrogen and oxygen atoms in total. The van der Waals surface area contributed by atoms with Gasteiger partial charge in [-0.2, -0.15) is 0 Å². The van der Waals surface area contributed by atoms with Crippen molar-refractivity contribution in [2.24, 2.45) is 0 Å².